The Hall–Kier alpha value is -2.29. The molecule has 1 aromatic carbocycles. The van der Waals surface area contributed by atoms with Crippen LogP contribution in [0.2, 0.25) is 0 Å². The van der Waals surface area contributed by atoms with Crippen molar-refractivity contribution in [1.82, 2.24) is 10.1 Å². The molecule has 0 saturated heterocycles. The molecule has 0 bridgehead atoms. The summed E-state index contributed by atoms with van der Waals surface area (Å²) in [6.07, 6.45) is 0. The zero-order valence-electron chi connectivity index (χ0n) is 10.2. The molecular formula is C11H9FN2O5S. The van der Waals surface area contributed by atoms with Crippen LogP contribution in [0.5, 0.6) is 0 Å². The molecule has 0 amide bonds. The van der Waals surface area contributed by atoms with E-state index in [-0.39, 0.29) is 17.3 Å². The van der Waals surface area contributed by atoms with Crippen LogP contribution in [-0.2, 0) is 15.6 Å². The molecule has 0 saturated carbocycles. The number of rotatable bonds is 4. The summed E-state index contributed by atoms with van der Waals surface area (Å²) in [7, 11) is -4.03. The van der Waals surface area contributed by atoms with Crippen molar-refractivity contribution in [3.05, 3.63) is 41.3 Å². The second-order valence-corrected chi connectivity index (χ2v) is 5.90. The number of carboxylic acid groups (broad SMARTS) is 1. The van der Waals surface area contributed by atoms with Gasteiger partial charge in [-0.2, -0.15) is 4.98 Å². The number of carbonyl (C=O) groups is 1. The predicted octanol–water partition coefficient (Wildman–Crippen LogP) is 1.19. The van der Waals surface area contributed by atoms with Gasteiger partial charge in [0.15, 0.2) is 15.7 Å². The van der Waals surface area contributed by atoms with Gasteiger partial charge in [0, 0.05) is 6.92 Å². The Morgan fingerprint density at radius 3 is 2.65 bits per heavy atom. The molecule has 1 N–H and O–H groups in total. The molecule has 7 nitrogen and oxygen atoms in total. The van der Waals surface area contributed by atoms with E-state index in [1.807, 2.05) is 0 Å². The van der Waals surface area contributed by atoms with Gasteiger partial charge in [0.2, 0.25) is 5.89 Å². The third kappa shape index (κ3) is 2.82. The SMILES string of the molecule is Cc1nc(CS(=O)(=O)c2ccc(C(=O)O)cc2F)no1. The lowest BCUT2D eigenvalue weighted by atomic mass is 10.2. The lowest BCUT2D eigenvalue weighted by Crippen LogP contribution is -2.09. The first-order chi connectivity index (χ1) is 9.29. The van der Waals surface area contributed by atoms with Gasteiger partial charge in [-0.25, -0.2) is 17.6 Å². The van der Waals surface area contributed by atoms with Crippen LogP contribution in [0.15, 0.2) is 27.6 Å². The van der Waals surface area contributed by atoms with Crippen molar-refractivity contribution in [3.8, 4) is 0 Å². The van der Waals surface area contributed by atoms with E-state index in [1.54, 1.807) is 0 Å². The highest BCUT2D eigenvalue weighted by atomic mass is 32.2. The van der Waals surface area contributed by atoms with Crippen LogP contribution in [0.3, 0.4) is 0 Å². The summed E-state index contributed by atoms with van der Waals surface area (Å²) in [5.74, 6) is -3.01. The molecule has 20 heavy (non-hydrogen) atoms. The molecule has 1 heterocycles. The number of hydrogen-bond donors (Lipinski definition) is 1. The highest BCUT2D eigenvalue weighted by Crippen LogP contribution is 2.20. The zero-order chi connectivity index (χ0) is 14.9. The Labute approximate surface area is 113 Å². The number of aromatic nitrogens is 2. The van der Waals surface area contributed by atoms with E-state index in [2.05, 4.69) is 14.7 Å². The van der Waals surface area contributed by atoms with Crippen LogP contribution >= 0.6 is 0 Å². The Morgan fingerprint density at radius 1 is 1.45 bits per heavy atom. The van der Waals surface area contributed by atoms with Gasteiger partial charge in [-0.15, -0.1) is 0 Å². The summed E-state index contributed by atoms with van der Waals surface area (Å²) >= 11 is 0. The summed E-state index contributed by atoms with van der Waals surface area (Å²) in [6.45, 7) is 1.49. The molecule has 0 unspecified atom stereocenters. The summed E-state index contributed by atoms with van der Waals surface area (Å²) in [4.78, 5) is 13.8. The van der Waals surface area contributed by atoms with E-state index < -0.39 is 32.3 Å². The fraction of sp³-hybridized carbons (Fsp3) is 0.182. The molecule has 2 rings (SSSR count). The van der Waals surface area contributed by atoms with Crippen molar-refractivity contribution in [1.29, 1.82) is 0 Å². The molecular weight excluding hydrogens is 291 g/mol. The first kappa shape index (κ1) is 14.1. The molecule has 0 aliphatic carbocycles. The van der Waals surface area contributed by atoms with Crippen LogP contribution in [-0.4, -0.2) is 29.6 Å². The van der Waals surface area contributed by atoms with Crippen LogP contribution in [0.4, 0.5) is 4.39 Å². The van der Waals surface area contributed by atoms with Crippen molar-refractivity contribution >= 4 is 15.8 Å². The third-order valence-corrected chi connectivity index (χ3v) is 4.04. The summed E-state index contributed by atoms with van der Waals surface area (Å²) in [6, 6.07) is 2.57. The quantitative estimate of drug-likeness (QED) is 0.902. The normalized spacial score (nSPS) is 11.5. The van der Waals surface area contributed by atoms with Crippen molar-refractivity contribution in [2.45, 2.75) is 17.6 Å². The molecule has 0 fully saturated rings. The van der Waals surface area contributed by atoms with Gasteiger partial charge in [0.25, 0.3) is 0 Å². The minimum absolute atomic E-state index is 0.0933. The Balaban J connectivity index is 2.37. The molecule has 0 radical (unpaired) electrons. The molecule has 0 atom stereocenters. The molecule has 106 valence electrons. The smallest absolute Gasteiger partial charge is 0.335 e. The number of halogens is 1. The summed E-state index contributed by atoms with van der Waals surface area (Å²) in [5.41, 5.74) is -0.336. The molecule has 0 aliphatic rings. The number of aryl methyl sites for hydroxylation is 1. The van der Waals surface area contributed by atoms with Crippen LogP contribution in [0.1, 0.15) is 22.1 Å². The van der Waals surface area contributed by atoms with E-state index in [1.165, 1.54) is 6.92 Å². The maximum absolute atomic E-state index is 13.7. The monoisotopic (exact) mass is 300 g/mol. The van der Waals surface area contributed by atoms with Crippen molar-refractivity contribution in [2.75, 3.05) is 0 Å². The molecule has 9 heteroatoms. The van der Waals surface area contributed by atoms with Gasteiger partial charge < -0.3 is 9.63 Å². The number of aromatic carboxylic acids is 1. The summed E-state index contributed by atoms with van der Waals surface area (Å²) in [5, 5.41) is 12.1. The van der Waals surface area contributed by atoms with Gasteiger partial charge in [-0.3, -0.25) is 0 Å². The standard InChI is InChI=1S/C11H9FN2O5S/c1-6-13-10(14-19-6)5-20(17,18)9-3-2-7(11(15)16)4-8(9)12/h2-4H,5H2,1H3,(H,15,16). The number of sulfone groups is 1. The Kier molecular flexibility index (Phi) is 3.53. The van der Waals surface area contributed by atoms with Crippen LogP contribution < -0.4 is 0 Å². The lowest BCUT2D eigenvalue weighted by Gasteiger charge is -2.04. The zero-order valence-corrected chi connectivity index (χ0v) is 11.0. The minimum atomic E-state index is -4.03. The number of nitrogens with zero attached hydrogens (tertiary/aromatic N) is 2. The number of benzene rings is 1. The maximum Gasteiger partial charge on any atom is 0.335 e. The average molecular weight is 300 g/mol. The topological polar surface area (TPSA) is 110 Å². The molecule has 0 aliphatic heterocycles. The van der Waals surface area contributed by atoms with E-state index in [0.29, 0.717) is 6.07 Å². The predicted molar refractivity (Wildman–Crippen MR) is 63.3 cm³/mol. The van der Waals surface area contributed by atoms with E-state index in [0.717, 1.165) is 12.1 Å². The van der Waals surface area contributed by atoms with Crippen molar-refractivity contribution in [2.24, 2.45) is 0 Å². The molecule has 1 aromatic heterocycles. The van der Waals surface area contributed by atoms with Crippen molar-refractivity contribution in [3.63, 3.8) is 0 Å². The summed E-state index contributed by atoms with van der Waals surface area (Å²) < 4.78 is 42.3. The third-order valence-electron chi connectivity index (χ3n) is 2.40. The van der Waals surface area contributed by atoms with Crippen LogP contribution in [0, 0.1) is 12.7 Å². The second kappa shape index (κ2) is 5.00. The highest BCUT2D eigenvalue weighted by molar-refractivity contribution is 7.90. The van der Waals surface area contributed by atoms with Crippen molar-refractivity contribution < 1.29 is 27.2 Å². The highest BCUT2D eigenvalue weighted by Gasteiger charge is 2.23. The van der Waals surface area contributed by atoms with E-state index in [9.17, 15) is 17.6 Å². The lowest BCUT2D eigenvalue weighted by molar-refractivity contribution is 0.0696. The first-order valence-electron chi connectivity index (χ1n) is 5.34. The molecule has 0 spiro atoms. The largest absolute Gasteiger partial charge is 0.478 e. The fourth-order valence-electron chi connectivity index (χ4n) is 1.53. The first-order valence-corrected chi connectivity index (χ1v) is 6.99. The van der Waals surface area contributed by atoms with Gasteiger partial charge in [-0.1, -0.05) is 5.16 Å². The van der Waals surface area contributed by atoms with Gasteiger partial charge in [0.1, 0.15) is 16.5 Å². The Bertz CT molecular complexity index is 769. The van der Waals surface area contributed by atoms with E-state index in [4.69, 9.17) is 5.11 Å². The van der Waals surface area contributed by atoms with E-state index >= 15 is 0 Å². The number of hydrogen-bond acceptors (Lipinski definition) is 6. The second-order valence-electron chi connectivity index (χ2n) is 3.94. The fourth-order valence-corrected chi connectivity index (χ4v) is 2.78. The van der Waals surface area contributed by atoms with Gasteiger partial charge in [-0.05, 0) is 18.2 Å². The maximum atomic E-state index is 13.7. The Morgan fingerprint density at radius 2 is 2.15 bits per heavy atom. The molecule has 2 aromatic rings. The van der Waals surface area contributed by atoms with Gasteiger partial charge in [0.05, 0.1) is 5.56 Å². The van der Waals surface area contributed by atoms with Crippen LogP contribution in [0.25, 0.3) is 0 Å². The average Bonchev–Trinajstić information content (AvgIpc) is 2.73. The van der Waals surface area contributed by atoms with Gasteiger partial charge >= 0.3 is 5.97 Å². The minimum Gasteiger partial charge on any atom is -0.478 e. The number of carboxylic acids is 1.